The Hall–Kier alpha value is -3.75. The van der Waals surface area contributed by atoms with Crippen LogP contribution in [0.5, 0.6) is 0 Å². The number of amides is 1. The molecule has 0 saturated carbocycles. The number of likely N-dealkylation sites (tertiary alicyclic amines) is 1. The Kier molecular flexibility index (Phi) is 8.72. The lowest BCUT2D eigenvalue weighted by atomic mass is 9.75. The third-order valence-electron chi connectivity index (χ3n) is 10.5. The molecule has 2 aliphatic heterocycles. The van der Waals surface area contributed by atoms with Crippen molar-refractivity contribution in [2.24, 2.45) is 5.41 Å². The number of piperidine rings is 1. The Bertz CT molecular complexity index is 1660. The zero-order valence-electron chi connectivity index (χ0n) is 27.4. The summed E-state index contributed by atoms with van der Waals surface area (Å²) < 4.78 is 5.69. The largest absolute Gasteiger partial charge is 0.381 e. The first kappa shape index (κ1) is 31.2. The van der Waals surface area contributed by atoms with Crippen LogP contribution >= 0.6 is 0 Å². The number of carbonyl (C=O) groups excluding carboxylic acids is 2. The van der Waals surface area contributed by atoms with E-state index in [9.17, 15) is 14.4 Å². The highest BCUT2D eigenvalue weighted by atomic mass is 16.5. The average Bonchev–Trinajstić information content (AvgIpc) is 3.30. The SMILES string of the molecule is CCN(c1cc(-c2ccc3c(c2)C(=O)C2(CCN(C)CC2)C3)cc(N(C=O)Cc2c(C)cc(C)[nH]c2=O)c1C)C1CCOCC1. The van der Waals surface area contributed by atoms with Crippen LogP contribution in [0, 0.1) is 26.2 Å². The number of anilines is 2. The summed E-state index contributed by atoms with van der Waals surface area (Å²) in [5.41, 5.74) is 8.48. The number of fused-ring (bicyclic) bond motifs is 1. The minimum absolute atomic E-state index is 0.164. The van der Waals surface area contributed by atoms with Gasteiger partial charge < -0.3 is 24.4 Å². The van der Waals surface area contributed by atoms with Crippen LogP contribution in [-0.2, 0) is 22.5 Å². The lowest BCUT2D eigenvalue weighted by Crippen LogP contribution is -2.41. The number of benzene rings is 2. The molecule has 2 aromatic carbocycles. The number of aryl methyl sites for hydroxylation is 2. The van der Waals surface area contributed by atoms with Gasteiger partial charge in [-0.1, -0.05) is 12.1 Å². The van der Waals surface area contributed by atoms with Crippen molar-refractivity contribution < 1.29 is 14.3 Å². The molecule has 1 amide bonds. The van der Waals surface area contributed by atoms with Crippen molar-refractivity contribution in [2.75, 3.05) is 49.7 Å². The minimum Gasteiger partial charge on any atom is -0.381 e. The van der Waals surface area contributed by atoms with E-state index in [1.165, 1.54) is 0 Å². The fraction of sp³-hybridized carbons (Fsp3) is 0.486. The van der Waals surface area contributed by atoms with Crippen molar-refractivity contribution in [3.05, 3.63) is 80.3 Å². The van der Waals surface area contributed by atoms with Gasteiger partial charge in [-0.25, -0.2) is 0 Å². The fourth-order valence-corrected chi connectivity index (χ4v) is 7.80. The number of ether oxygens (including phenoxy) is 1. The third kappa shape index (κ3) is 5.86. The van der Waals surface area contributed by atoms with Crippen LogP contribution in [0.3, 0.4) is 0 Å². The number of nitrogens with zero attached hydrogens (tertiary/aromatic N) is 3. The summed E-state index contributed by atoms with van der Waals surface area (Å²) in [6, 6.07) is 12.9. The highest BCUT2D eigenvalue weighted by molar-refractivity contribution is 6.06. The normalized spacial score (nSPS) is 18.3. The Morgan fingerprint density at radius 1 is 1.00 bits per heavy atom. The van der Waals surface area contributed by atoms with E-state index in [1.54, 1.807) is 4.90 Å². The minimum atomic E-state index is -0.285. The van der Waals surface area contributed by atoms with Crippen LogP contribution in [0.25, 0.3) is 11.1 Å². The molecule has 3 heterocycles. The highest BCUT2D eigenvalue weighted by Gasteiger charge is 2.46. The summed E-state index contributed by atoms with van der Waals surface area (Å²) in [5.74, 6) is 0.279. The Morgan fingerprint density at radius 3 is 2.38 bits per heavy atom. The first-order valence-electron chi connectivity index (χ1n) is 16.4. The van der Waals surface area contributed by atoms with Gasteiger partial charge in [0, 0.05) is 59.4 Å². The van der Waals surface area contributed by atoms with Crippen LogP contribution in [0.4, 0.5) is 11.4 Å². The number of nitrogens with one attached hydrogen (secondary N) is 1. The lowest BCUT2D eigenvalue weighted by Gasteiger charge is -2.37. The van der Waals surface area contributed by atoms with Crippen molar-refractivity contribution in [1.29, 1.82) is 0 Å². The zero-order chi connectivity index (χ0) is 31.9. The first-order valence-corrected chi connectivity index (χ1v) is 16.4. The molecule has 0 radical (unpaired) electrons. The van der Waals surface area contributed by atoms with Crippen LogP contribution < -0.4 is 15.4 Å². The van der Waals surface area contributed by atoms with Crippen molar-refractivity contribution in [1.82, 2.24) is 9.88 Å². The summed E-state index contributed by atoms with van der Waals surface area (Å²) in [6.07, 6.45) is 5.31. The number of ketones is 1. The molecule has 8 nitrogen and oxygen atoms in total. The van der Waals surface area contributed by atoms with Crippen LogP contribution in [0.2, 0.25) is 0 Å². The van der Waals surface area contributed by atoms with E-state index in [0.29, 0.717) is 11.6 Å². The average molecular weight is 611 g/mol. The topological polar surface area (TPSA) is 86.0 Å². The standard InChI is InChI=1S/C37H46N4O4/c1-6-41(30-9-15-45-16-10-30)34-20-29(19-33(26(34)4)40(23-42)22-32-24(2)17-25(3)38-36(32)44)27-7-8-28-21-37(35(43)31(28)18-27)11-13-39(5)14-12-37/h7-8,17-20,23,30H,6,9-16,21-22H2,1-5H3,(H,38,44). The van der Waals surface area contributed by atoms with E-state index in [2.05, 4.69) is 66.0 Å². The Labute approximate surface area is 266 Å². The molecule has 0 bridgehead atoms. The summed E-state index contributed by atoms with van der Waals surface area (Å²) in [5, 5.41) is 0. The smallest absolute Gasteiger partial charge is 0.253 e. The molecule has 6 rings (SSSR count). The van der Waals surface area contributed by atoms with Gasteiger partial charge in [-0.15, -0.1) is 0 Å². The molecule has 0 unspecified atom stereocenters. The van der Waals surface area contributed by atoms with Crippen molar-refractivity contribution in [3.63, 3.8) is 0 Å². The molecule has 2 saturated heterocycles. The van der Waals surface area contributed by atoms with Gasteiger partial charge in [0.1, 0.15) is 0 Å². The van der Waals surface area contributed by atoms with Gasteiger partial charge in [0.25, 0.3) is 5.56 Å². The van der Waals surface area contributed by atoms with Gasteiger partial charge in [0.15, 0.2) is 5.78 Å². The van der Waals surface area contributed by atoms with Gasteiger partial charge in [-0.2, -0.15) is 0 Å². The summed E-state index contributed by atoms with van der Waals surface area (Å²) in [4.78, 5) is 49.0. The van der Waals surface area contributed by atoms with Gasteiger partial charge in [-0.05, 0) is 132 Å². The summed E-state index contributed by atoms with van der Waals surface area (Å²) in [6.45, 7) is 12.3. The molecule has 8 heteroatoms. The number of Topliss-reactive ketones (excluding diaryl/α,β-unsaturated/α-hetero) is 1. The predicted molar refractivity (Wildman–Crippen MR) is 179 cm³/mol. The maximum atomic E-state index is 13.9. The number of hydrogen-bond acceptors (Lipinski definition) is 6. The third-order valence-corrected chi connectivity index (χ3v) is 10.5. The molecule has 238 valence electrons. The molecule has 45 heavy (non-hydrogen) atoms. The molecular weight excluding hydrogens is 564 g/mol. The van der Waals surface area contributed by atoms with Gasteiger partial charge in [-0.3, -0.25) is 14.4 Å². The highest BCUT2D eigenvalue weighted by Crippen LogP contribution is 2.46. The van der Waals surface area contributed by atoms with Crippen molar-refractivity contribution >= 4 is 23.6 Å². The van der Waals surface area contributed by atoms with Crippen LogP contribution in [0.1, 0.15) is 70.9 Å². The maximum absolute atomic E-state index is 13.9. The molecule has 2 fully saturated rings. The lowest BCUT2D eigenvalue weighted by molar-refractivity contribution is -0.107. The number of H-pyrrole nitrogens is 1. The number of hydrogen-bond donors (Lipinski definition) is 1. The molecule has 1 aromatic heterocycles. The number of rotatable bonds is 8. The number of aromatic amines is 1. The number of aromatic nitrogens is 1. The van der Waals surface area contributed by atoms with Crippen molar-refractivity contribution in [3.8, 4) is 11.1 Å². The summed E-state index contributed by atoms with van der Waals surface area (Å²) in [7, 11) is 2.13. The number of pyridine rings is 1. The molecular formula is C37H46N4O4. The van der Waals surface area contributed by atoms with E-state index in [4.69, 9.17) is 4.74 Å². The molecule has 1 spiro atoms. The second-order valence-electron chi connectivity index (χ2n) is 13.4. The van der Waals surface area contributed by atoms with E-state index in [0.717, 1.165) is 122 Å². The molecule has 1 aliphatic carbocycles. The fourth-order valence-electron chi connectivity index (χ4n) is 7.80. The molecule has 3 aliphatic rings. The van der Waals surface area contributed by atoms with Crippen molar-refractivity contribution in [2.45, 2.75) is 72.4 Å². The van der Waals surface area contributed by atoms with E-state index < -0.39 is 0 Å². The van der Waals surface area contributed by atoms with Gasteiger partial charge in [0.2, 0.25) is 6.41 Å². The second kappa shape index (κ2) is 12.6. The van der Waals surface area contributed by atoms with Gasteiger partial charge in [0.05, 0.1) is 6.54 Å². The second-order valence-corrected chi connectivity index (χ2v) is 13.4. The molecule has 1 N–H and O–H groups in total. The number of carbonyl (C=O) groups is 2. The van der Waals surface area contributed by atoms with E-state index in [1.807, 2.05) is 19.9 Å². The van der Waals surface area contributed by atoms with E-state index in [-0.39, 0.29) is 23.3 Å². The maximum Gasteiger partial charge on any atom is 0.253 e. The first-order chi connectivity index (χ1) is 21.6. The Balaban J connectivity index is 1.45. The summed E-state index contributed by atoms with van der Waals surface area (Å²) >= 11 is 0. The predicted octanol–water partition coefficient (Wildman–Crippen LogP) is 5.59. The van der Waals surface area contributed by atoms with Crippen LogP contribution in [-0.4, -0.2) is 68.0 Å². The monoisotopic (exact) mass is 610 g/mol. The molecule has 3 aromatic rings. The quantitative estimate of drug-likeness (QED) is 0.335. The molecule has 0 atom stereocenters. The zero-order valence-corrected chi connectivity index (χ0v) is 27.4. The van der Waals surface area contributed by atoms with E-state index >= 15 is 0 Å². The van der Waals surface area contributed by atoms with Gasteiger partial charge >= 0.3 is 0 Å². The van der Waals surface area contributed by atoms with Crippen LogP contribution in [0.15, 0.2) is 41.2 Å². The Morgan fingerprint density at radius 2 is 1.71 bits per heavy atom.